The van der Waals surface area contributed by atoms with Crippen molar-refractivity contribution in [2.75, 3.05) is 32.8 Å². The third-order valence-electron chi connectivity index (χ3n) is 5.72. The van der Waals surface area contributed by atoms with Gasteiger partial charge in [-0.25, -0.2) is 0 Å². The molecule has 3 fully saturated rings. The van der Waals surface area contributed by atoms with E-state index in [1.54, 1.807) is 0 Å². The molecule has 24 heavy (non-hydrogen) atoms. The highest BCUT2D eigenvalue weighted by Crippen LogP contribution is 2.36. The van der Waals surface area contributed by atoms with Gasteiger partial charge < -0.3 is 14.5 Å². The van der Waals surface area contributed by atoms with Crippen LogP contribution in [0.4, 0.5) is 0 Å². The molecular weight excluding hydrogens is 324 g/mol. The number of hydrogen-bond acceptors (Lipinski definition) is 4. The molecule has 0 spiro atoms. The minimum Gasteiger partial charge on any atom is -0.376 e. The molecular formula is C18H24N2O3S. The number of ether oxygens (including phenoxy) is 1. The summed E-state index contributed by atoms with van der Waals surface area (Å²) in [5.41, 5.74) is 1.06. The quantitative estimate of drug-likeness (QED) is 0.841. The average molecular weight is 348 g/mol. The summed E-state index contributed by atoms with van der Waals surface area (Å²) < 4.78 is 6.02. The van der Waals surface area contributed by atoms with Crippen molar-refractivity contribution in [2.45, 2.75) is 32.3 Å². The van der Waals surface area contributed by atoms with Gasteiger partial charge in [-0.05, 0) is 42.7 Å². The Bertz CT molecular complexity index is 644. The van der Waals surface area contributed by atoms with Crippen LogP contribution in [0.3, 0.4) is 0 Å². The molecule has 2 amide bonds. The molecule has 4 heterocycles. The van der Waals surface area contributed by atoms with Crippen molar-refractivity contribution in [1.82, 2.24) is 9.80 Å². The molecule has 1 aromatic heterocycles. The first-order chi connectivity index (χ1) is 11.6. The van der Waals surface area contributed by atoms with Gasteiger partial charge in [0.2, 0.25) is 5.91 Å². The molecule has 0 aromatic carbocycles. The maximum absolute atomic E-state index is 12.8. The Morgan fingerprint density at radius 3 is 3.00 bits per heavy atom. The van der Waals surface area contributed by atoms with E-state index < -0.39 is 0 Å². The molecule has 130 valence electrons. The Kier molecular flexibility index (Phi) is 4.35. The van der Waals surface area contributed by atoms with E-state index >= 15 is 0 Å². The Balaban J connectivity index is 1.44. The van der Waals surface area contributed by atoms with Crippen LogP contribution in [0.1, 0.15) is 34.5 Å². The summed E-state index contributed by atoms with van der Waals surface area (Å²) >= 11 is 1.53. The van der Waals surface area contributed by atoms with Crippen molar-refractivity contribution < 1.29 is 14.3 Å². The number of rotatable bonds is 3. The predicted octanol–water partition coefficient (Wildman–Crippen LogP) is 2.16. The lowest BCUT2D eigenvalue weighted by Crippen LogP contribution is -2.47. The molecule has 0 unspecified atom stereocenters. The van der Waals surface area contributed by atoms with Gasteiger partial charge in [0.1, 0.15) is 0 Å². The van der Waals surface area contributed by atoms with Crippen LogP contribution in [0.5, 0.6) is 0 Å². The van der Waals surface area contributed by atoms with Gasteiger partial charge in [0.25, 0.3) is 5.91 Å². The molecule has 5 nitrogen and oxygen atoms in total. The first kappa shape index (κ1) is 16.1. The van der Waals surface area contributed by atoms with Crippen LogP contribution in [-0.2, 0) is 9.53 Å². The zero-order chi connectivity index (χ0) is 16.7. The second-order valence-electron chi connectivity index (χ2n) is 7.21. The van der Waals surface area contributed by atoms with E-state index in [1.165, 1.54) is 11.3 Å². The maximum Gasteiger partial charge on any atom is 0.264 e. The molecule has 0 N–H and O–H groups in total. The van der Waals surface area contributed by atoms with Crippen molar-refractivity contribution in [2.24, 2.45) is 11.8 Å². The van der Waals surface area contributed by atoms with Crippen LogP contribution < -0.4 is 0 Å². The Morgan fingerprint density at radius 1 is 1.42 bits per heavy atom. The zero-order valence-electron chi connectivity index (χ0n) is 14.1. The fourth-order valence-corrected chi connectivity index (χ4v) is 5.14. The van der Waals surface area contributed by atoms with E-state index in [1.807, 2.05) is 28.2 Å². The molecule has 0 saturated carbocycles. The summed E-state index contributed by atoms with van der Waals surface area (Å²) in [7, 11) is 0. The SMILES string of the molecule is Cc1ccsc1C(=O)N1CC[C@H]2CO[C@H](CN3CCCC3=O)[C@H]2C1. The highest BCUT2D eigenvalue weighted by Gasteiger charge is 2.43. The third-order valence-corrected chi connectivity index (χ3v) is 6.73. The van der Waals surface area contributed by atoms with Crippen molar-refractivity contribution in [3.63, 3.8) is 0 Å². The van der Waals surface area contributed by atoms with Gasteiger partial charge in [-0.1, -0.05) is 0 Å². The molecule has 6 heteroatoms. The summed E-state index contributed by atoms with van der Waals surface area (Å²) in [4.78, 5) is 29.5. The molecule has 1 aromatic rings. The Labute approximate surface area is 146 Å². The van der Waals surface area contributed by atoms with Crippen LogP contribution in [0.15, 0.2) is 11.4 Å². The van der Waals surface area contributed by atoms with E-state index in [0.717, 1.165) is 49.5 Å². The summed E-state index contributed by atoms with van der Waals surface area (Å²) in [6.07, 6.45) is 2.72. The largest absolute Gasteiger partial charge is 0.376 e. The molecule has 0 bridgehead atoms. The molecule has 0 aliphatic carbocycles. The number of piperidine rings is 1. The minimum atomic E-state index is 0.0806. The van der Waals surface area contributed by atoms with Gasteiger partial charge in [0, 0.05) is 38.5 Å². The smallest absolute Gasteiger partial charge is 0.264 e. The number of nitrogens with zero attached hydrogens (tertiary/aromatic N) is 2. The van der Waals surface area contributed by atoms with Crippen molar-refractivity contribution >= 4 is 23.2 Å². The number of carbonyl (C=O) groups excluding carboxylic acids is 2. The van der Waals surface area contributed by atoms with Crippen molar-refractivity contribution in [1.29, 1.82) is 0 Å². The summed E-state index contributed by atoms with van der Waals surface area (Å²) in [6, 6.07) is 2.01. The maximum atomic E-state index is 12.8. The lowest BCUT2D eigenvalue weighted by molar-refractivity contribution is -0.129. The van der Waals surface area contributed by atoms with Crippen LogP contribution in [0.2, 0.25) is 0 Å². The van der Waals surface area contributed by atoms with Crippen molar-refractivity contribution in [3.05, 3.63) is 21.9 Å². The minimum absolute atomic E-state index is 0.0806. The predicted molar refractivity (Wildman–Crippen MR) is 92.1 cm³/mol. The number of amides is 2. The van der Waals surface area contributed by atoms with E-state index in [2.05, 4.69) is 0 Å². The highest BCUT2D eigenvalue weighted by atomic mass is 32.1. The first-order valence-electron chi connectivity index (χ1n) is 8.86. The fraction of sp³-hybridized carbons (Fsp3) is 0.667. The van der Waals surface area contributed by atoms with Gasteiger partial charge in [-0.15, -0.1) is 11.3 Å². The molecule has 0 radical (unpaired) electrons. The van der Waals surface area contributed by atoms with E-state index in [4.69, 9.17) is 4.74 Å². The highest BCUT2D eigenvalue weighted by molar-refractivity contribution is 7.12. The molecule has 3 aliphatic heterocycles. The third kappa shape index (κ3) is 2.86. The molecule has 3 atom stereocenters. The van der Waals surface area contributed by atoms with Crippen LogP contribution in [0.25, 0.3) is 0 Å². The van der Waals surface area contributed by atoms with E-state index in [0.29, 0.717) is 24.8 Å². The van der Waals surface area contributed by atoms with Gasteiger partial charge in [0.05, 0.1) is 17.6 Å². The van der Waals surface area contributed by atoms with Gasteiger partial charge >= 0.3 is 0 Å². The monoisotopic (exact) mass is 348 g/mol. The topological polar surface area (TPSA) is 49.9 Å². The Morgan fingerprint density at radius 2 is 2.29 bits per heavy atom. The number of hydrogen-bond donors (Lipinski definition) is 0. The lowest BCUT2D eigenvalue weighted by Gasteiger charge is -2.36. The molecule has 4 rings (SSSR count). The number of likely N-dealkylation sites (tertiary alicyclic amines) is 2. The van der Waals surface area contributed by atoms with Crippen molar-refractivity contribution in [3.8, 4) is 0 Å². The summed E-state index contributed by atoms with van der Waals surface area (Å²) in [5, 5.41) is 1.98. The van der Waals surface area contributed by atoms with Gasteiger partial charge in [-0.3, -0.25) is 9.59 Å². The van der Waals surface area contributed by atoms with Gasteiger partial charge in [-0.2, -0.15) is 0 Å². The Hall–Kier alpha value is -1.40. The van der Waals surface area contributed by atoms with E-state index in [-0.39, 0.29) is 17.9 Å². The summed E-state index contributed by atoms with van der Waals surface area (Å²) in [5.74, 6) is 1.29. The fourth-order valence-electron chi connectivity index (χ4n) is 4.25. The number of fused-ring (bicyclic) bond motifs is 1. The van der Waals surface area contributed by atoms with Crippen LogP contribution in [0, 0.1) is 18.8 Å². The standard InChI is InChI=1S/C18H24N2O3S/c1-12-5-8-24-17(12)18(22)20-7-4-13-11-23-15(14(13)9-20)10-19-6-2-3-16(19)21/h5,8,13-15H,2-4,6-7,9-11H2,1H3/t13-,14-,15+/m0/s1. The number of carbonyl (C=O) groups is 2. The lowest BCUT2D eigenvalue weighted by atomic mass is 9.84. The van der Waals surface area contributed by atoms with Crippen LogP contribution in [-0.4, -0.2) is 60.5 Å². The number of aryl methyl sites for hydroxylation is 1. The van der Waals surface area contributed by atoms with Gasteiger partial charge in [0.15, 0.2) is 0 Å². The van der Waals surface area contributed by atoms with Crippen LogP contribution >= 0.6 is 11.3 Å². The molecule has 3 aliphatic rings. The average Bonchev–Trinajstić information content (AvgIpc) is 3.29. The normalized spacial score (nSPS) is 30.0. The number of thiophene rings is 1. The second-order valence-corrected chi connectivity index (χ2v) is 8.13. The molecule has 3 saturated heterocycles. The zero-order valence-corrected chi connectivity index (χ0v) is 14.9. The first-order valence-corrected chi connectivity index (χ1v) is 9.74. The second kappa shape index (κ2) is 6.48. The van der Waals surface area contributed by atoms with E-state index in [9.17, 15) is 9.59 Å². The summed E-state index contributed by atoms with van der Waals surface area (Å²) in [6.45, 7) is 5.89.